The smallest absolute Gasteiger partial charge is 0.222 e. The molecule has 0 bridgehead atoms. The number of amides is 1. The standard InChI is InChI=1S/C21H20N6O2/c1-12(29)26-17-8-13(4-6-23-17)19-18(15-2-3-16(11-28)25-10-15)21-20(27-19)14(9-22)5-7-24-21/h2-8,10,27-28H,9,11,22H2,1H3,(H,23,26,29). The van der Waals surface area contributed by atoms with Gasteiger partial charge in [0.2, 0.25) is 5.91 Å². The quantitative estimate of drug-likeness (QED) is 0.416. The number of rotatable bonds is 5. The average Bonchev–Trinajstić information content (AvgIpc) is 3.13. The van der Waals surface area contributed by atoms with E-state index in [4.69, 9.17) is 5.73 Å². The minimum Gasteiger partial charge on any atom is -0.390 e. The second-order valence-corrected chi connectivity index (χ2v) is 6.58. The SMILES string of the molecule is CC(=O)Nc1cc(-c2[nH]c3c(CN)ccnc3c2-c2ccc(CO)nc2)ccn1. The number of fused-ring (bicyclic) bond motifs is 1. The van der Waals surface area contributed by atoms with Gasteiger partial charge >= 0.3 is 0 Å². The van der Waals surface area contributed by atoms with Crippen molar-refractivity contribution in [1.82, 2.24) is 19.9 Å². The van der Waals surface area contributed by atoms with Crippen LogP contribution >= 0.6 is 0 Å². The summed E-state index contributed by atoms with van der Waals surface area (Å²) in [5.41, 5.74) is 12.5. The lowest BCUT2D eigenvalue weighted by atomic mass is 10.0. The van der Waals surface area contributed by atoms with Gasteiger partial charge in [-0.3, -0.25) is 14.8 Å². The van der Waals surface area contributed by atoms with Crippen LogP contribution in [0.2, 0.25) is 0 Å². The fraction of sp³-hybridized carbons (Fsp3) is 0.143. The van der Waals surface area contributed by atoms with Crippen molar-refractivity contribution in [3.63, 3.8) is 0 Å². The van der Waals surface area contributed by atoms with E-state index in [0.717, 1.165) is 39.0 Å². The molecule has 0 aliphatic rings. The zero-order valence-electron chi connectivity index (χ0n) is 15.8. The fourth-order valence-electron chi connectivity index (χ4n) is 3.31. The van der Waals surface area contributed by atoms with Gasteiger partial charge in [0.1, 0.15) is 5.82 Å². The Kier molecular flexibility index (Phi) is 5.03. The molecular formula is C21H20N6O2. The van der Waals surface area contributed by atoms with Crippen LogP contribution in [0.5, 0.6) is 0 Å². The first-order valence-electron chi connectivity index (χ1n) is 9.10. The maximum atomic E-state index is 11.4. The summed E-state index contributed by atoms with van der Waals surface area (Å²) in [6.07, 6.45) is 5.08. The Morgan fingerprint density at radius 2 is 1.97 bits per heavy atom. The van der Waals surface area contributed by atoms with E-state index in [2.05, 4.69) is 25.3 Å². The molecule has 0 unspecified atom stereocenters. The van der Waals surface area contributed by atoms with E-state index in [0.29, 0.717) is 18.1 Å². The van der Waals surface area contributed by atoms with E-state index in [-0.39, 0.29) is 12.5 Å². The zero-order chi connectivity index (χ0) is 20.4. The first kappa shape index (κ1) is 18.7. The minimum atomic E-state index is -0.192. The first-order chi connectivity index (χ1) is 14.1. The summed E-state index contributed by atoms with van der Waals surface area (Å²) in [6, 6.07) is 9.22. The van der Waals surface area contributed by atoms with E-state index in [1.807, 2.05) is 18.2 Å². The molecule has 5 N–H and O–H groups in total. The van der Waals surface area contributed by atoms with Gasteiger partial charge in [-0.1, -0.05) is 6.07 Å². The number of H-pyrrole nitrogens is 1. The number of nitrogens with two attached hydrogens (primary N) is 1. The third kappa shape index (κ3) is 3.58. The number of nitrogens with zero attached hydrogens (tertiary/aromatic N) is 3. The van der Waals surface area contributed by atoms with Crippen molar-refractivity contribution < 1.29 is 9.90 Å². The molecule has 0 aliphatic heterocycles. The van der Waals surface area contributed by atoms with Gasteiger partial charge in [0.15, 0.2) is 0 Å². The summed E-state index contributed by atoms with van der Waals surface area (Å²) in [4.78, 5) is 28.0. The highest BCUT2D eigenvalue weighted by atomic mass is 16.3. The molecule has 0 radical (unpaired) electrons. The van der Waals surface area contributed by atoms with E-state index < -0.39 is 0 Å². The molecule has 8 nitrogen and oxygen atoms in total. The minimum absolute atomic E-state index is 0.124. The normalized spacial score (nSPS) is 11.0. The first-order valence-corrected chi connectivity index (χ1v) is 9.10. The van der Waals surface area contributed by atoms with Crippen LogP contribution in [-0.4, -0.2) is 30.9 Å². The van der Waals surface area contributed by atoms with Gasteiger partial charge in [-0.2, -0.15) is 0 Å². The Labute approximate surface area is 166 Å². The summed E-state index contributed by atoms with van der Waals surface area (Å²) in [5, 5.41) is 12.0. The van der Waals surface area contributed by atoms with Gasteiger partial charge in [0.25, 0.3) is 0 Å². The molecule has 146 valence electrons. The molecule has 0 saturated heterocycles. The Morgan fingerprint density at radius 1 is 1.14 bits per heavy atom. The molecule has 0 aliphatic carbocycles. The topological polar surface area (TPSA) is 130 Å². The van der Waals surface area contributed by atoms with Gasteiger partial charge in [0.05, 0.1) is 29.0 Å². The van der Waals surface area contributed by atoms with E-state index in [9.17, 15) is 9.90 Å². The van der Waals surface area contributed by atoms with Gasteiger partial charge in [-0.25, -0.2) is 4.98 Å². The van der Waals surface area contributed by atoms with Crippen LogP contribution < -0.4 is 11.1 Å². The van der Waals surface area contributed by atoms with Crippen LogP contribution in [0.15, 0.2) is 48.9 Å². The molecule has 4 aromatic rings. The molecular weight excluding hydrogens is 368 g/mol. The number of carbonyl (C=O) groups is 1. The van der Waals surface area contributed by atoms with Crippen LogP contribution in [-0.2, 0) is 17.9 Å². The van der Waals surface area contributed by atoms with Gasteiger partial charge < -0.3 is 21.1 Å². The summed E-state index contributed by atoms with van der Waals surface area (Å²) >= 11 is 0. The maximum absolute atomic E-state index is 11.4. The summed E-state index contributed by atoms with van der Waals surface area (Å²) in [5.74, 6) is 0.266. The van der Waals surface area contributed by atoms with E-state index in [1.54, 1.807) is 30.7 Å². The Balaban J connectivity index is 1.96. The molecule has 0 fully saturated rings. The van der Waals surface area contributed by atoms with Crippen molar-refractivity contribution in [2.24, 2.45) is 5.73 Å². The van der Waals surface area contributed by atoms with E-state index >= 15 is 0 Å². The van der Waals surface area contributed by atoms with Crippen LogP contribution in [0, 0.1) is 0 Å². The van der Waals surface area contributed by atoms with Crippen LogP contribution in [0.4, 0.5) is 5.82 Å². The number of hydrogen-bond acceptors (Lipinski definition) is 6. The summed E-state index contributed by atoms with van der Waals surface area (Å²) < 4.78 is 0. The van der Waals surface area contributed by atoms with Crippen molar-refractivity contribution in [2.45, 2.75) is 20.1 Å². The number of aliphatic hydroxyl groups is 1. The van der Waals surface area contributed by atoms with Gasteiger partial charge in [-0.05, 0) is 29.8 Å². The van der Waals surface area contributed by atoms with Gasteiger partial charge in [-0.15, -0.1) is 0 Å². The van der Waals surface area contributed by atoms with Gasteiger partial charge in [0, 0.05) is 48.7 Å². The predicted molar refractivity (Wildman–Crippen MR) is 111 cm³/mol. The molecule has 0 spiro atoms. The highest BCUT2D eigenvalue weighted by molar-refractivity contribution is 6.02. The van der Waals surface area contributed by atoms with Crippen molar-refractivity contribution in [3.8, 4) is 22.4 Å². The molecule has 0 saturated carbocycles. The second-order valence-electron chi connectivity index (χ2n) is 6.58. The molecule has 8 heteroatoms. The number of aromatic nitrogens is 4. The lowest BCUT2D eigenvalue weighted by Gasteiger charge is -2.07. The lowest BCUT2D eigenvalue weighted by Crippen LogP contribution is -2.07. The van der Waals surface area contributed by atoms with Crippen molar-refractivity contribution in [2.75, 3.05) is 5.32 Å². The number of pyridine rings is 3. The molecule has 4 aromatic heterocycles. The third-order valence-corrected chi connectivity index (χ3v) is 4.62. The third-order valence-electron chi connectivity index (χ3n) is 4.62. The number of anilines is 1. The Morgan fingerprint density at radius 3 is 2.66 bits per heavy atom. The number of hydrogen-bond donors (Lipinski definition) is 4. The van der Waals surface area contributed by atoms with Crippen LogP contribution in [0.25, 0.3) is 33.4 Å². The molecule has 0 aromatic carbocycles. The maximum Gasteiger partial charge on any atom is 0.222 e. The second kappa shape index (κ2) is 7.78. The molecule has 29 heavy (non-hydrogen) atoms. The molecule has 1 amide bonds. The van der Waals surface area contributed by atoms with Crippen LogP contribution in [0.1, 0.15) is 18.2 Å². The zero-order valence-corrected chi connectivity index (χ0v) is 15.8. The molecule has 0 atom stereocenters. The molecule has 4 rings (SSSR count). The summed E-state index contributed by atoms with van der Waals surface area (Å²) in [6.45, 7) is 1.68. The van der Waals surface area contributed by atoms with Crippen LogP contribution in [0.3, 0.4) is 0 Å². The lowest BCUT2D eigenvalue weighted by molar-refractivity contribution is -0.114. The van der Waals surface area contributed by atoms with Crippen molar-refractivity contribution in [1.29, 1.82) is 0 Å². The number of carbonyl (C=O) groups excluding carboxylic acids is 1. The summed E-state index contributed by atoms with van der Waals surface area (Å²) in [7, 11) is 0. The Hall–Kier alpha value is -3.62. The number of nitrogens with one attached hydrogen (secondary N) is 2. The highest BCUT2D eigenvalue weighted by Gasteiger charge is 2.19. The molecule has 4 heterocycles. The monoisotopic (exact) mass is 388 g/mol. The highest BCUT2D eigenvalue weighted by Crippen LogP contribution is 2.38. The Bertz CT molecular complexity index is 1180. The van der Waals surface area contributed by atoms with E-state index in [1.165, 1.54) is 6.92 Å². The predicted octanol–water partition coefficient (Wildman–Crippen LogP) is 2.60. The number of aliphatic hydroxyl groups excluding tert-OH is 1. The van der Waals surface area contributed by atoms with Crippen molar-refractivity contribution >= 4 is 22.8 Å². The van der Waals surface area contributed by atoms with Crippen molar-refractivity contribution in [3.05, 3.63) is 60.2 Å². The fourth-order valence-corrected chi connectivity index (χ4v) is 3.31. The average molecular weight is 388 g/mol. The number of aromatic amines is 1. The largest absolute Gasteiger partial charge is 0.390 e.